The number of thiophene rings is 1. The largest absolute Gasteiger partial charge is 0.323 e. The first kappa shape index (κ1) is 13.1. The van der Waals surface area contributed by atoms with Crippen LogP contribution in [0, 0.1) is 5.41 Å². The zero-order valence-corrected chi connectivity index (χ0v) is 12.2. The predicted molar refractivity (Wildman–Crippen MR) is 76.6 cm³/mol. The third kappa shape index (κ3) is 3.56. The van der Waals surface area contributed by atoms with Crippen molar-refractivity contribution in [3.63, 3.8) is 0 Å². The van der Waals surface area contributed by atoms with E-state index in [2.05, 4.69) is 26.8 Å². The van der Waals surface area contributed by atoms with E-state index in [-0.39, 0.29) is 6.04 Å². The Labute approximate surface area is 109 Å². The van der Waals surface area contributed by atoms with Gasteiger partial charge in [-0.2, -0.15) is 0 Å². The molecule has 0 saturated carbocycles. The molecule has 1 aromatic rings. The minimum absolute atomic E-state index is 0.254. The van der Waals surface area contributed by atoms with Gasteiger partial charge in [-0.15, -0.1) is 11.3 Å². The van der Waals surface area contributed by atoms with Gasteiger partial charge >= 0.3 is 0 Å². The second-order valence-electron chi connectivity index (χ2n) is 6.51. The minimum atomic E-state index is 0.254. The second-order valence-corrected chi connectivity index (χ2v) is 7.68. The summed E-state index contributed by atoms with van der Waals surface area (Å²) in [6.07, 6.45) is 7.61. The van der Waals surface area contributed by atoms with E-state index in [9.17, 15) is 0 Å². The average molecular weight is 251 g/mol. The highest BCUT2D eigenvalue weighted by Gasteiger charge is 2.18. The summed E-state index contributed by atoms with van der Waals surface area (Å²) in [6.45, 7) is 6.87. The fourth-order valence-corrected chi connectivity index (χ4v) is 3.72. The van der Waals surface area contributed by atoms with Crippen LogP contribution in [-0.2, 0) is 12.8 Å². The van der Waals surface area contributed by atoms with Gasteiger partial charge in [0.2, 0.25) is 0 Å². The Morgan fingerprint density at radius 3 is 2.65 bits per heavy atom. The molecule has 17 heavy (non-hydrogen) atoms. The smallest absolute Gasteiger partial charge is 0.0390 e. The lowest BCUT2D eigenvalue weighted by molar-refractivity contribution is 0.351. The van der Waals surface area contributed by atoms with Crippen molar-refractivity contribution >= 4 is 11.3 Å². The molecule has 2 rings (SSSR count). The summed E-state index contributed by atoms with van der Waals surface area (Å²) in [4.78, 5) is 3.03. The van der Waals surface area contributed by atoms with Gasteiger partial charge in [0, 0.05) is 15.8 Å². The Balaban J connectivity index is 1.99. The molecule has 1 aromatic heterocycles. The molecule has 2 N–H and O–H groups in total. The summed E-state index contributed by atoms with van der Waals surface area (Å²) < 4.78 is 0. The van der Waals surface area contributed by atoms with E-state index < -0.39 is 0 Å². The molecule has 1 atom stereocenters. The number of nitrogens with two attached hydrogens (primary N) is 1. The van der Waals surface area contributed by atoms with E-state index in [1.54, 1.807) is 10.4 Å². The Morgan fingerprint density at radius 1 is 1.29 bits per heavy atom. The maximum atomic E-state index is 6.32. The van der Waals surface area contributed by atoms with E-state index in [1.807, 2.05) is 11.3 Å². The third-order valence-corrected chi connectivity index (χ3v) is 4.96. The summed E-state index contributed by atoms with van der Waals surface area (Å²) in [5.74, 6) is 0. The zero-order valence-electron chi connectivity index (χ0n) is 11.4. The molecule has 2 heteroatoms. The molecule has 1 heterocycles. The van der Waals surface area contributed by atoms with Crippen molar-refractivity contribution < 1.29 is 0 Å². The maximum Gasteiger partial charge on any atom is 0.0390 e. The van der Waals surface area contributed by atoms with Crippen molar-refractivity contribution in [2.24, 2.45) is 11.1 Å². The molecule has 0 aromatic carbocycles. The number of hydrogen-bond acceptors (Lipinski definition) is 2. The molecule has 1 aliphatic carbocycles. The van der Waals surface area contributed by atoms with Crippen LogP contribution in [0.15, 0.2) is 6.07 Å². The molecule has 0 saturated heterocycles. The Kier molecular flexibility index (Phi) is 3.94. The SMILES string of the molecule is CC(C)(C)CCC(N)c1cc2c(s1)CCCC2. The highest BCUT2D eigenvalue weighted by atomic mass is 32.1. The molecule has 0 fully saturated rings. The number of fused-ring (bicyclic) bond motifs is 1. The lowest BCUT2D eigenvalue weighted by atomic mass is 9.88. The monoisotopic (exact) mass is 251 g/mol. The van der Waals surface area contributed by atoms with Gasteiger partial charge in [0.25, 0.3) is 0 Å². The summed E-state index contributed by atoms with van der Waals surface area (Å²) >= 11 is 1.97. The van der Waals surface area contributed by atoms with Crippen molar-refractivity contribution in [1.29, 1.82) is 0 Å². The standard InChI is InChI=1S/C15H25NS/c1-15(2,3)9-8-12(16)14-10-11-6-4-5-7-13(11)17-14/h10,12H,4-9,16H2,1-3H3. The first-order valence-corrected chi connectivity index (χ1v) is 7.64. The summed E-state index contributed by atoms with van der Waals surface area (Å²) in [5.41, 5.74) is 8.31. The quantitative estimate of drug-likeness (QED) is 0.843. The molecule has 96 valence electrons. The Bertz CT molecular complexity index is 349. The molecular formula is C15H25NS. The van der Waals surface area contributed by atoms with Crippen LogP contribution in [0.3, 0.4) is 0 Å². The molecule has 1 aliphatic rings. The lowest BCUT2D eigenvalue weighted by Gasteiger charge is -2.20. The van der Waals surface area contributed by atoms with Crippen LogP contribution >= 0.6 is 11.3 Å². The van der Waals surface area contributed by atoms with Crippen molar-refractivity contribution in [2.45, 2.75) is 65.3 Å². The van der Waals surface area contributed by atoms with E-state index >= 15 is 0 Å². The molecule has 0 spiro atoms. The summed E-state index contributed by atoms with van der Waals surface area (Å²) in [5, 5.41) is 0. The number of aryl methyl sites for hydroxylation is 2. The fourth-order valence-electron chi connectivity index (χ4n) is 2.43. The zero-order chi connectivity index (χ0) is 12.5. The highest BCUT2D eigenvalue weighted by molar-refractivity contribution is 7.12. The van der Waals surface area contributed by atoms with Crippen LogP contribution in [-0.4, -0.2) is 0 Å². The Morgan fingerprint density at radius 2 is 2.00 bits per heavy atom. The number of rotatable bonds is 3. The van der Waals surface area contributed by atoms with E-state index in [0.29, 0.717) is 5.41 Å². The van der Waals surface area contributed by atoms with Crippen molar-refractivity contribution in [2.75, 3.05) is 0 Å². The molecular weight excluding hydrogens is 226 g/mol. The topological polar surface area (TPSA) is 26.0 Å². The van der Waals surface area contributed by atoms with Gasteiger partial charge in [-0.05, 0) is 55.6 Å². The van der Waals surface area contributed by atoms with Crippen molar-refractivity contribution in [1.82, 2.24) is 0 Å². The first-order chi connectivity index (χ1) is 7.96. The van der Waals surface area contributed by atoms with Crippen LogP contribution in [0.5, 0.6) is 0 Å². The average Bonchev–Trinajstić information content (AvgIpc) is 2.68. The van der Waals surface area contributed by atoms with E-state index in [1.165, 1.54) is 37.0 Å². The van der Waals surface area contributed by atoms with Crippen LogP contribution in [0.25, 0.3) is 0 Å². The van der Waals surface area contributed by atoms with Crippen LogP contribution in [0.2, 0.25) is 0 Å². The van der Waals surface area contributed by atoms with Gasteiger partial charge in [-0.3, -0.25) is 0 Å². The van der Waals surface area contributed by atoms with E-state index in [4.69, 9.17) is 5.73 Å². The van der Waals surface area contributed by atoms with Gasteiger partial charge < -0.3 is 5.73 Å². The third-order valence-electron chi connectivity index (χ3n) is 3.59. The van der Waals surface area contributed by atoms with Gasteiger partial charge in [0.15, 0.2) is 0 Å². The first-order valence-electron chi connectivity index (χ1n) is 6.83. The summed E-state index contributed by atoms with van der Waals surface area (Å²) in [7, 11) is 0. The van der Waals surface area contributed by atoms with E-state index in [0.717, 1.165) is 6.42 Å². The van der Waals surface area contributed by atoms with Crippen molar-refractivity contribution in [3.8, 4) is 0 Å². The maximum absolute atomic E-state index is 6.32. The molecule has 1 nitrogen and oxygen atoms in total. The molecule has 0 amide bonds. The van der Waals surface area contributed by atoms with Gasteiger partial charge in [0.1, 0.15) is 0 Å². The molecule has 0 bridgehead atoms. The second kappa shape index (κ2) is 5.11. The fraction of sp³-hybridized carbons (Fsp3) is 0.733. The number of hydrogen-bond donors (Lipinski definition) is 1. The van der Waals surface area contributed by atoms with Gasteiger partial charge in [-0.1, -0.05) is 20.8 Å². The van der Waals surface area contributed by atoms with Gasteiger partial charge in [0.05, 0.1) is 0 Å². The van der Waals surface area contributed by atoms with Crippen LogP contribution < -0.4 is 5.73 Å². The van der Waals surface area contributed by atoms with Crippen molar-refractivity contribution in [3.05, 3.63) is 21.4 Å². The van der Waals surface area contributed by atoms with Crippen LogP contribution in [0.4, 0.5) is 0 Å². The normalized spacial score (nSPS) is 17.9. The Hall–Kier alpha value is -0.340. The molecule has 0 radical (unpaired) electrons. The lowest BCUT2D eigenvalue weighted by Crippen LogP contribution is -2.13. The van der Waals surface area contributed by atoms with Crippen LogP contribution in [0.1, 0.15) is 67.8 Å². The predicted octanol–water partition coefficient (Wildman–Crippen LogP) is 4.45. The minimum Gasteiger partial charge on any atom is -0.323 e. The van der Waals surface area contributed by atoms with Gasteiger partial charge in [-0.25, -0.2) is 0 Å². The summed E-state index contributed by atoms with van der Waals surface area (Å²) in [6, 6.07) is 2.64. The molecule has 1 unspecified atom stereocenters. The highest BCUT2D eigenvalue weighted by Crippen LogP contribution is 2.34. The molecule has 0 aliphatic heterocycles.